The van der Waals surface area contributed by atoms with Crippen LogP contribution in [0.5, 0.6) is 0 Å². The summed E-state index contributed by atoms with van der Waals surface area (Å²) in [5.74, 6) is -0.445. The first-order chi connectivity index (χ1) is 18.3. The van der Waals surface area contributed by atoms with Crippen molar-refractivity contribution in [3.05, 3.63) is 58.9 Å². The maximum Gasteiger partial charge on any atom is 0.244 e. The van der Waals surface area contributed by atoms with E-state index < -0.39 is 6.04 Å². The molecular weight excluding hydrogens is 503 g/mol. The number of carbonyl (C=O) groups is 2. The number of hydrogen-bond acceptors (Lipinski definition) is 4. The van der Waals surface area contributed by atoms with Gasteiger partial charge in [-0.25, -0.2) is 4.39 Å². The molecule has 1 N–H and O–H groups in total. The molecule has 6 nitrogen and oxygen atoms in total. The van der Waals surface area contributed by atoms with Crippen molar-refractivity contribution in [2.75, 3.05) is 49.5 Å². The zero-order valence-corrected chi connectivity index (χ0v) is 24.5. The first kappa shape index (κ1) is 31.6. The summed E-state index contributed by atoms with van der Waals surface area (Å²) in [6.07, 6.45) is 1.50. The first-order valence-corrected chi connectivity index (χ1v) is 14.3. The lowest BCUT2D eigenvalue weighted by atomic mass is 10.0. The number of nitrogens with zero attached hydrogens (tertiary/aromatic N) is 3. The van der Waals surface area contributed by atoms with E-state index in [2.05, 4.69) is 10.2 Å². The fourth-order valence-corrected chi connectivity index (χ4v) is 4.95. The first-order valence-electron chi connectivity index (χ1n) is 14.0. The molecule has 3 rings (SSSR count). The van der Waals surface area contributed by atoms with Crippen molar-refractivity contribution in [2.45, 2.75) is 60.4 Å². The van der Waals surface area contributed by atoms with Gasteiger partial charge in [0.1, 0.15) is 11.9 Å². The molecule has 1 unspecified atom stereocenters. The zero-order chi connectivity index (χ0) is 28.2. The van der Waals surface area contributed by atoms with E-state index in [0.717, 1.165) is 18.4 Å². The van der Waals surface area contributed by atoms with Crippen molar-refractivity contribution in [1.82, 2.24) is 9.80 Å². The largest absolute Gasteiger partial charge is 0.367 e. The number of piperazine rings is 1. The molecule has 1 atom stereocenters. The highest BCUT2D eigenvalue weighted by atomic mass is 35.5. The Kier molecular flexibility index (Phi) is 13.0. The Balaban J connectivity index is 0.00000247. The van der Waals surface area contributed by atoms with Crippen LogP contribution in [0.1, 0.15) is 66.0 Å². The molecular formula is C30H44ClFN4O2. The Labute approximate surface area is 233 Å². The average Bonchev–Trinajstić information content (AvgIpc) is 2.93. The van der Waals surface area contributed by atoms with E-state index in [9.17, 15) is 9.59 Å². The molecule has 0 bridgehead atoms. The molecule has 0 aromatic heterocycles. The number of halogens is 2. The van der Waals surface area contributed by atoms with Gasteiger partial charge >= 0.3 is 0 Å². The van der Waals surface area contributed by atoms with E-state index >= 15 is 4.39 Å². The molecule has 0 spiro atoms. The Bertz CT molecular complexity index is 1020. The molecule has 1 aliphatic rings. The minimum absolute atomic E-state index is 0.0690. The molecule has 2 amide bonds. The molecule has 0 radical (unpaired) electrons. The van der Waals surface area contributed by atoms with Gasteiger partial charge in [-0.05, 0) is 62.6 Å². The lowest BCUT2D eigenvalue weighted by Gasteiger charge is -2.41. The number of likely N-dealkylation sites (N-methyl/N-ethyl adjacent to an activating group) is 1. The number of anilines is 2. The summed E-state index contributed by atoms with van der Waals surface area (Å²) in [6, 6.07) is 11.9. The quantitative estimate of drug-likeness (QED) is 0.364. The highest BCUT2D eigenvalue weighted by Gasteiger charge is 2.33. The molecule has 1 saturated heterocycles. The highest BCUT2D eigenvalue weighted by Crippen LogP contribution is 2.29. The standard InChI is InChI=1S/C28H38ClFN4O2.C2H6/c1-5-20(6-2)27(35)31-23-13-14-25(24(30)19-23)33-15-17-34(18-16-33)26(28(36)32(7-3)8-4)21-9-11-22(29)12-10-21;1-2/h9-14,19-20,26H,5-8,15-18H2,1-4H3,(H,31,35);1-2H3. The fraction of sp³-hybridized carbons (Fsp3) is 0.533. The number of benzene rings is 2. The van der Waals surface area contributed by atoms with E-state index in [1.54, 1.807) is 12.1 Å². The van der Waals surface area contributed by atoms with Gasteiger partial charge in [-0.3, -0.25) is 14.5 Å². The van der Waals surface area contributed by atoms with Gasteiger partial charge in [-0.15, -0.1) is 0 Å². The fourth-order valence-electron chi connectivity index (χ4n) is 4.83. The highest BCUT2D eigenvalue weighted by molar-refractivity contribution is 6.30. The summed E-state index contributed by atoms with van der Waals surface area (Å²) >= 11 is 6.10. The third kappa shape index (κ3) is 7.93. The van der Waals surface area contributed by atoms with E-state index in [0.29, 0.717) is 55.7 Å². The van der Waals surface area contributed by atoms with Crippen LogP contribution in [-0.2, 0) is 9.59 Å². The number of rotatable bonds is 10. The van der Waals surface area contributed by atoms with Gasteiger partial charge in [-0.2, -0.15) is 0 Å². The summed E-state index contributed by atoms with van der Waals surface area (Å²) in [5, 5.41) is 3.47. The van der Waals surface area contributed by atoms with Gasteiger partial charge in [0, 0.05) is 55.9 Å². The molecule has 1 heterocycles. The second-order valence-corrected chi connectivity index (χ2v) is 9.59. The van der Waals surface area contributed by atoms with Gasteiger partial charge in [-0.1, -0.05) is 51.4 Å². The number of hydrogen-bond donors (Lipinski definition) is 1. The molecule has 1 fully saturated rings. The Morgan fingerprint density at radius 1 is 0.947 bits per heavy atom. The van der Waals surface area contributed by atoms with Crippen molar-refractivity contribution >= 4 is 34.8 Å². The van der Waals surface area contributed by atoms with E-state index in [1.807, 2.05) is 75.6 Å². The van der Waals surface area contributed by atoms with Crippen LogP contribution in [0.2, 0.25) is 5.02 Å². The van der Waals surface area contributed by atoms with Crippen molar-refractivity contribution in [3.8, 4) is 0 Å². The molecule has 8 heteroatoms. The van der Waals surface area contributed by atoms with Crippen molar-refractivity contribution in [2.24, 2.45) is 5.92 Å². The Morgan fingerprint density at radius 2 is 1.53 bits per heavy atom. The second kappa shape index (κ2) is 15.7. The van der Waals surface area contributed by atoms with Crippen LogP contribution in [0.15, 0.2) is 42.5 Å². The van der Waals surface area contributed by atoms with Gasteiger partial charge in [0.25, 0.3) is 0 Å². The maximum absolute atomic E-state index is 15.1. The summed E-state index contributed by atoms with van der Waals surface area (Å²) in [7, 11) is 0. The Morgan fingerprint density at radius 3 is 2.03 bits per heavy atom. The average molecular weight is 547 g/mol. The van der Waals surface area contributed by atoms with Crippen LogP contribution < -0.4 is 10.2 Å². The third-order valence-corrected chi connectivity index (χ3v) is 7.34. The van der Waals surface area contributed by atoms with Gasteiger partial charge in [0.05, 0.1) is 5.69 Å². The minimum Gasteiger partial charge on any atom is -0.367 e. The summed E-state index contributed by atoms with van der Waals surface area (Å²) < 4.78 is 15.1. The lowest BCUT2D eigenvalue weighted by molar-refractivity contribution is -0.137. The topological polar surface area (TPSA) is 55.9 Å². The van der Waals surface area contributed by atoms with Gasteiger partial charge < -0.3 is 15.1 Å². The molecule has 38 heavy (non-hydrogen) atoms. The predicted octanol–water partition coefficient (Wildman–Crippen LogP) is 6.61. The number of amides is 2. The number of carbonyl (C=O) groups excluding carboxylic acids is 2. The van der Waals surface area contributed by atoms with E-state index in [-0.39, 0.29) is 23.5 Å². The van der Waals surface area contributed by atoms with Crippen LogP contribution in [0.3, 0.4) is 0 Å². The minimum atomic E-state index is -0.406. The molecule has 2 aromatic rings. The molecule has 210 valence electrons. The summed E-state index contributed by atoms with van der Waals surface area (Å²) in [4.78, 5) is 31.8. The van der Waals surface area contributed by atoms with Crippen LogP contribution in [0, 0.1) is 11.7 Å². The van der Waals surface area contributed by atoms with Crippen molar-refractivity contribution < 1.29 is 14.0 Å². The van der Waals surface area contributed by atoms with Crippen molar-refractivity contribution in [1.29, 1.82) is 0 Å². The SMILES string of the molecule is CC.CCC(CC)C(=O)Nc1ccc(N2CCN(C(C(=O)N(CC)CC)c3ccc(Cl)cc3)CC2)c(F)c1. The van der Waals surface area contributed by atoms with Crippen LogP contribution in [0.4, 0.5) is 15.8 Å². The molecule has 1 aliphatic heterocycles. The van der Waals surface area contributed by atoms with Gasteiger partial charge in [0.15, 0.2) is 0 Å². The second-order valence-electron chi connectivity index (χ2n) is 9.16. The monoisotopic (exact) mass is 546 g/mol. The third-order valence-electron chi connectivity index (χ3n) is 7.09. The maximum atomic E-state index is 15.1. The predicted molar refractivity (Wildman–Crippen MR) is 156 cm³/mol. The van der Waals surface area contributed by atoms with E-state index in [4.69, 9.17) is 11.6 Å². The summed E-state index contributed by atoms with van der Waals surface area (Å²) in [5.41, 5.74) is 1.89. The van der Waals surface area contributed by atoms with Crippen LogP contribution in [-0.4, -0.2) is 60.9 Å². The smallest absolute Gasteiger partial charge is 0.244 e. The van der Waals surface area contributed by atoms with E-state index in [1.165, 1.54) is 6.07 Å². The molecule has 0 aliphatic carbocycles. The van der Waals surface area contributed by atoms with Crippen LogP contribution >= 0.6 is 11.6 Å². The zero-order valence-electron chi connectivity index (χ0n) is 23.8. The number of nitrogens with one attached hydrogen (secondary N) is 1. The van der Waals surface area contributed by atoms with Crippen LogP contribution in [0.25, 0.3) is 0 Å². The lowest BCUT2D eigenvalue weighted by Crippen LogP contribution is -2.52. The Hall–Kier alpha value is -2.64. The molecule has 2 aromatic carbocycles. The van der Waals surface area contributed by atoms with Gasteiger partial charge in [0.2, 0.25) is 11.8 Å². The molecule has 0 saturated carbocycles. The van der Waals surface area contributed by atoms with Crippen molar-refractivity contribution in [3.63, 3.8) is 0 Å². The normalized spacial score (nSPS) is 14.5. The summed E-state index contributed by atoms with van der Waals surface area (Å²) in [6.45, 7) is 15.6.